The van der Waals surface area contributed by atoms with Crippen molar-refractivity contribution in [3.8, 4) is 0 Å². The molecule has 0 spiro atoms. The third kappa shape index (κ3) is 1.95. The maximum atomic E-state index is 5.56. The molecule has 0 bridgehead atoms. The molecule has 1 aliphatic carbocycles. The van der Waals surface area contributed by atoms with E-state index in [4.69, 9.17) is 4.74 Å². The average Bonchev–Trinajstić information content (AvgIpc) is 2.66. The first-order chi connectivity index (χ1) is 6.83. The van der Waals surface area contributed by atoms with E-state index in [1.807, 2.05) is 7.11 Å². The molecule has 2 rings (SSSR count). The van der Waals surface area contributed by atoms with Gasteiger partial charge in [0.15, 0.2) is 0 Å². The topological polar surface area (TPSA) is 24.5 Å². The first kappa shape index (κ1) is 10.4. The summed E-state index contributed by atoms with van der Waals surface area (Å²) < 4.78 is 5.56. The second-order valence-electron chi connectivity index (χ2n) is 4.56. The Bertz CT molecular complexity index is 186. The highest BCUT2D eigenvalue weighted by molar-refractivity contribution is 4.91. The van der Waals surface area contributed by atoms with Crippen LogP contribution in [0.4, 0.5) is 0 Å². The Morgan fingerprint density at radius 3 is 2.93 bits per heavy atom. The average molecular weight is 198 g/mol. The van der Waals surface area contributed by atoms with Crippen LogP contribution in [0, 0.1) is 0 Å². The van der Waals surface area contributed by atoms with Crippen LogP contribution in [-0.2, 0) is 4.74 Å². The SMILES string of the molecule is COC1CCCC1N1CCNCC1C. The Balaban J connectivity index is 1.97. The van der Waals surface area contributed by atoms with Gasteiger partial charge in [0, 0.05) is 38.8 Å². The lowest BCUT2D eigenvalue weighted by Crippen LogP contribution is -2.56. The lowest BCUT2D eigenvalue weighted by molar-refractivity contribution is 0.00940. The normalized spacial score (nSPS) is 40.3. The molecule has 1 aliphatic heterocycles. The van der Waals surface area contributed by atoms with Crippen molar-refractivity contribution in [2.24, 2.45) is 0 Å². The van der Waals surface area contributed by atoms with E-state index < -0.39 is 0 Å². The predicted molar refractivity (Wildman–Crippen MR) is 57.5 cm³/mol. The number of piperazine rings is 1. The van der Waals surface area contributed by atoms with E-state index in [0.717, 1.165) is 13.1 Å². The van der Waals surface area contributed by atoms with Crippen molar-refractivity contribution in [2.45, 2.75) is 44.4 Å². The standard InChI is InChI=1S/C11H22N2O/c1-9-8-12-6-7-13(9)10-4-3-5-11(10)14-2/h9-12H,3-8H2,1-2H3. The van der Waals surface area contributed by atoms with Gasteiger partial charge in [-0.05, 0) is 26.2 Å². The summed E-state index contributed by atoms with van der Waals surface area (Å²) in [7, 11) is 1.86. The van der Waals surface area contributed by atoms with E-state index in [9.17, 15) is 0 Å². The van der Waals surface area contributed by atoms with Crippen LogP contribution >= 0.6 is 0 Å². The van der Waals surface area contributed by atoms with Gasteiger partial charge < -0.3 is 10.1 Å². The third-order valence-electron chi connectivity index (χ3n) is 3.70. The molecule has 1 heterocycles. The molecule has 0 amide bonds. The number of hydrogen-bond acceptors (Lipinski definition) is 3. The summed E-state index contributed by atoms with van der Waals surface area (Å²) >= 11 is 0. The summed E-state index contributed by atoms with van der Waals surface area (Å²) in [6.07, 6.45) is 4.39. The van der Waals surface area contributed by atoms with Gasteiger partial charge in [0.05, 0.1) is 6.10 Å². The second-order valence-corrected chi connectivity index (χ2v) is 4.56. The zero-order chi connectivity index (χ0) is 9.97. The minimum atomic E-state index is 0.482. The fraction of sp³-hybridized carbons (Fsp3) is 1.00. The van der Waals surface area contributed by atoms with E-state index >= 15 is 0 Å². The minimum absolute atomic E-state index is 0.482. The first-order valence-electron chi connectivity index (χ1n) is 5.82. The molecular weight excluding hydrogens is 176 g/mol. The Morgan fingerprint density at radius 2 is 2.21 bits per heavy atom. The van der Waals surface area contributed by atoms with Crippen molar-refractivity contribution in [2.75, 3.05) is 26.7 Å². The van der Waals surface area contributed by atoms with Crippen molar-refractivity contribution >= 4 is 0 Å². The highest BCUT2D eigenvalue weighted by Crippen LogP contribution is 2.28. The van der Waals surface area contributed by atoms with Crippen molar-refractivity contribution in [3.05, 3.63) is 0 Å². The molecule has 0 aromatic carbocycles. The van der Waals surface area contributed by atoms with Crippen LogP contribution < -0.4 is 5.32 Å². The molecule has 2 fully saturated rings. The Labute approximate surface area is 86.8 Å². The number of methoxy groups -OCH3 is 1. The second kappa shape index (κ2) is 4.60. The van der Waals surface area contributed by atoms with Crippen LogP contribution in [0.5, 0.6) is 0 Å². The maximum Gasteiger partial charge on any atom is 0.0726 e. The highest BCUT2D eigenvalue weighted by atomic mass is 16.5. The van der Waals surface area contributed by atoms with Crippen LogP contribution in [0.25, 0.3) is 0 Å². The third-order valence-corrected chi connectivity index (χ3v) is 3.70. The van der Waals surface area contributed by atoms with Gasteiger partial charge in [-0.1, -0.05) is 0 Å². The van der Waals surface area contributed by atoms with Crippen LogP contribution in [0.2, 0.25) is 0 Å². The highest BCUT2D eigenvalue weighted by Gasteiger charge is 2.35. The van der Waals surface area contributed by atoms with Crippen LogP contribution in [0.1, 0.15) is 26.2 Å². The predicted octanol–water partition coefficient (Wildman–Crippen LogP) is 0.848. The van der Waals surface area contributed by atoms with Gasteiger partial charge in [0.1, 0.15) is 0 Å². The molecule has 3 unspecified atom stereocenters. The number of nitrogens with one attached hydrogen (secondary N) is 1. The lowest BCUT2D eigenvalue weighted by Gasteiger charge is -2.40. The molecule has 2 aliphatic rings. The molecule has 82 valence electrons. The van der Waals surface area contributed by atoms with E-state index in [1.54, 1.807) is 0 Å². The van der Waals surface area contributed by atoms with Crippen molar-refractivity contribution < 1.29 is 4.74 Å². The number of hydrogen-bond donors (Lipinski definition) is 1. The zero-order valence-corrected chi connectivity index (χ0v) is 9.33. The summed E-state index contributed by atoms with van der Waals surface area (Å²) in [5, 5.41) is 3.44. The van der Waals surface area contributed by atoms with E-state index in [2.05, 4.69) is 17.1 Å². The molecule has 1 saturated carbocycles. The van der Waals surface area contributed by atoms with Gasteiger partial charge in [0.2, 0.25) is 0 Å². The van der Waals surface area contributed by atoms with Gasteiger partial charge >= 0.3 is 0 Å². The number of rotatable bonds is 2. The van der Waals surface area contributed by atoms with E-state index in [-0.39, 0.29) is 0 Å². The number of ether oxygens (including phenoxy) is 1. The molecule has 14 heavy (non-hydrogen) atoms. The minimum Gasteiger partial charge on any atom is -0.380 e. The summed E-state index contributed by atoms with van der Waals surface area (Å²) in [5.41, 5.74) is 0. The van der Waals surface area contributed by atoms with Crippen molar-refractivity contribution in [1.29, 1.82) is 0 Å². The summed E-state index contributed by atoms with van der Waals surface area (Å²) in [5.74, 6) is 0. The molecule has 3 nitrogen and oxygen atoms in total. The van der Waals surface area contributed by atoms with Crippen LogP contribution in [0.15, 0.2) is 0 Å². The molecular formula is C11H22N2O. The molecule has 1 N–H and O–H groups in total. The van der Waals surface area contributed by atoms with Crippen LogP contribution in [0.3, 0.4) is 0 Å². The summed E-state index contributed by atoms with van der Waals surface area (Å²) in [6.45, 7) is 5.77. The summed E-state index contributed by atoms with van der Waals surface area (Å²) in [6, 6.07) is 1.35. The smallest absolute Gasteiger partial charge is 0.0726 e. The van der Waals surface area contributed by atoms with E-state index in [0.29, 0.717) is 18.2 Å². The zero-order valence-electron chi connectivity index (χ0n) is 9.33. The molecule has 0 aromatic heterocycles. The molecule has 3 heteroatoms. The summed E-state index contributed by atoms with van der Waals surface area (Å²) in [4.78, 5) is 2.64. The first-order valence-corrected chi connectivity index (χ1v) is 5.82. The van der Waals surface area contributed by atoms with E-state index in [1.165, 1.54) is 25.8 Å². The van der Waals surface area contributed by atoms with Crippen molar-refractivity contribution in [1.82, 2.24) is 10.2 Å². The van der Waals surface area contributed by atoms with Gasteiger partial charge in [-0.25, -0.2) is 0 Å². The maximum absolute atomic E-state index is 5.56. The van der Waals surface area contributed by atoms with Crippen molar-refractivity contribution in [3.63, 3.8) is 0 Å². The van der Waals surface area contributed by atoms with Gasteiger partial charge in [-0.3, -0.25) is 4.90 Å². The fourth-order valence-electron chi connectivity index (χ4n) is 2.91. The largest absolute Gasteiger partial charge is 0.380 e. The molecule has 3 atom stereocenters. The Hall–Kier alpha value is -0.120. The monoisotopic (exact) mass is 198 g/mol. The van der Waals surface area contributed by atoms with Gasteiger partial charge in [-0.15, -0.1) is 0 Å². The Morgan fingerprint density at radius 1 is 1.36 bits per heavy atom. The Kier molecular flexibility index (Phi) is 3.42. The van der Waals surface area contributed by atoms with Crippen LogP contribution in [-0.4, -0.2) is 49.8 Å². The molecule has 0 aromatic rings. The van der Waals surface area contributed by atoms with Gasteiger partial charge in [-0.2, -0.15) is 0 Å². The molecule has 1 saturated heterocycles. The number of nitrogens with zero attached hydrogens (tertiary/aromatic N) is 1. The fourth-order valence-corrected chi connectivity index (χ4v) is 2.91. The quantitative estimate of drug-likeness (QED) is 0.712. The molecule has 0 radical (unpaired) electrons. The lowest BCUT2D eigenvalue weighted by atomic mass is 10.1. The van der Waals surface area contributed by atoms with Gasteiger partial charge in [0.25, 0.3) is 0 Å².